The first kappa shape index (κ1) is 12.6. The zero-order valence-corrected chi connectivity index (χ0v) is 10.9. The van der Waals surface area contributed by atoms with E-state index in [0.717, 1.165) is 16.7 Å². The minimum Gasteiger partial charge on any atom is -0.399 e. The van der Waals surface area contributed by atoms with Gasteiger partial charge in [0.05, 0.1) is 11.1 Å². The van der Waals surface area contributed by atoms with Crippen molar-refractivity contribution >= 4 is 22.4 Å². The van der Waals surface area contributed by atoms with Gasteiger partial charge in [-0.25, -0.2) is 9.97 Å². The van der Waals surface area contributed by atoms with Gasteiger partial charge in [-0.1, -0.05) is 0 Å². The van der Waals surface area contributed by atoms with Crippen molar-refractivity contribution in [2.45, 2.75) is 19.4 Å². The molecule has 0 spiro atoms. The first-order valence-electron chi connectivity index (χ1n) is 5.80. The Bertz CT molecular complexity index is 562. The average molecular weight is 246 g/mol. The Balaban J connectivity index is 2.45. The summed E-state index contributed by atoms with van der Waals surface area (Å²) in [6.07, 6.45) is 1.51. The molecule has 0 unspecified atom stereocenters. The molecule has 0 aliphatic heterocycles. The van der Waals surface area contributed by atoms with Crippen molar-refractivity contribution in [2.75, 3.05) is 24.2 Å². The molecule has 0 aliphatic carbocycles. The van der Waals surface area contributed by atoms with E-state index in [0.29, 0.717) is 12.2 Å². The summed E-state index contributed by atoms with van der Waals surface area (Å²) >= 11 is 0. The molecule has 0 saturated heterocycles. The smallest absolute Gasteiger partial charge is 0.139 e. The first-order chi connectivity index (χ1) is 8.37. The van der Waals surface area contributed by atoms with Gasteiger partial charge in [-0.15, -0.1) is 0 Å². The van der Waals surface area contributed by atoms with Crippen molar-refractivity contribution in [3.8, 4) is 0 Å². The number of aliphatic hydroxyl groups is 1. The van der Waals surface area contributed by atoms with E-state index >= 15 is 0 Å². The summed E-state index contributed by atoms with van der Waals surface area (Å²) in [6, 6.07) is 5.55. The lowest BCUT2D eigenvalue weighted by molar-refractivity contribution is 0.0885. The maximum atomic E-state index is 9.86. The Morgan fingerprint density at radius 1 is 1.33 bits per heavy atom. The molecule has 18 heavy (non-hydrogen) atoms. The molecule has 2 rings (SSSR count). The fourth-order valence-corrected chi connectivity index (χ4v) is 2.02. The van der Waals surface area contributed by atoms with Crippen LogP contribution in [-0.2, 0) is 0 Å². The fourth-order valence-electron chi connectivity index (χ4n) is 2.02. The van der Waals surface area contributed by atoms with Crippen LogP contribution in [0.15, 0.2) is 24.5 Å². The van der Waals surface area contributed by atoms with Crippen LogP contribution >= 0.6 is 0 Å². The normalized spacial score (nSPS) is 11.8. The molecule has 1 heterocycles. The van der Waals surface area contributed by atoms with E-state index in [-0.39, 0.29) is 0 Å². The minimum absolute atomic E-state index is 0.490. The highest BCUT2D eigenvalue weighted by Crippen LogP contribution is 2.24. The average Bonchev–Trinajstić information content (AvgIpc) is 2.25. The van der Waals surface area contributed by atoms with Gasteiger partial charge in [-0.05, 0) is 32.0 Å². The summed E-state index contributed by atoms with van der Waals surface area (Å²) in [4.78, 5) is 10.4. The van der Waals surface area contributed by atoms with Gasteiger partial charge in [0.15, 0.2) is 0 Å². The van der Waals surface area contributed by atoms with Crippen LogP contribution in [0.25, 0.3) is 10.9 Å². The fraction of sp³-hybridized carbons (Fsp3) is 0.385. The predicted molar refractivity (Wildman–Crippen MR) is 73.5 cm³/mol. The number of anilines is 2. The van der Waals surface area contributed by atoms with Crippen LogP contribution in [0.5, 0.6) is 0 Å². The topological polar surface area (TPSA) is 75.3 Å². The van der Waals surface area contributed by atoms with E-state index < -0.39 is 5.60 Å². The number of rotatable bonds is 3. The third-order valence-corrected chi connectivity index (χ3v) is 2.63. The van der Waals surface area contributed by atoms with E-state index in [2.05, 4.69) is 9.97 Å². The number of nitrogens with zero attached hydrogens (tertiary/aromatic N) is 3. The summed E-state index contributed by atoms with van der Waals surface area (Å²) in [5.41, 5.74) is 6.45. The molecule has 0 aliphatic rings. The van der Waals surface area contributed by atoms with E-state index in [4.69, 9.17) is 5.73 Å². The third-order valence-electron chi connectivity index (χ3n) is 2.63. The standard InChI is InChI=1S/C13H18N4O/c1-13(2,18)7-17(3)12-10-5-4-9(14)6-11(10)15-8-16-12/h4-6,8,18H,7,14H2,1-3H3. The molecule has 96 valence electrons. The van der Waals surface area contributed by atoms with Gasteiger partial charge < -0.3 is 15.7 Å². The Hall–Kier alpha value is -1.88. The lowest BCUT2D eigenvalue weighted by atomic mass is 10.1. The van der Waals surface area contributed by atoms with Gasteiger partial charge in [0.25, 0.3) is 0 Å². The molecule has 3 N–H and O–H groups in total. The van der Waals surface area contributed by atoms with Crippen molar-refractivity contribution < 1.29 is 5.11 Å². The van der Waals surface area contributed by atoms with Crippen LogP contribution < -0.4 is 10.6 Å². The third kappa shape index (κ3) is 2.68. The molecule has 0 bridgehead atoms. The molecule has 2 aromatic rings. The van der Waals surface area contributed by atoms with Crippen molar-refractivity contribution in [1.29, 1.82) is 0 Å². The summed E-state index contributed by atoms with van der Waals surface area (Å²) in [5, 5.41) is 10.8. The molecule has 1 aromatic heterocycles. The molecular weight excluding hydrogens is 228 g/mol. The van der Waals surface area contributed by atoms with Crippen LogP contribution in [0.4, 0.5) is 11.5 Å². The van der Waals surface area contributed by atoms with E-state index in [1.54, 1.807) is 13.8 Å². The Labute approximate surface area is 106 Å². The maximum Gasteiger partial charge on any atom is 0.139 e. The summed E-state index contributed by atoms with van der Waals surface area (Å²) in [7, 11) is 1.90. The van der Waals surface area contributed by atoms with Gasteiger partial charge >= 0.3 is 0 Å². The largest absolute Gasteiger partial charge is 0.399 e. The number of fused-ring (bicyclic) bond motifs is 1. The van der Waals surface area contributed by atoms with Crippen molar-refractivity contribution in [2.24, 2.45) is 0 Å². The van der Waals surface area contributed by atoms with E-state index in [1.165, 1.54) is 6.33 Å². The molecule has 0 atom stereocenters. The second-order valence-electron chi connectivity index (χ2n) is 5.14. The zero-order chi connectivity index (χ0) is 13.3. The number of hydrogen-bond acceptors (Lipinski definition) is 5. The molecule has 1 aromatic carbocycles. The minimum atomic E-state index is -0.778. The van der Waals surface area contributed by atoms with E-state index in [9.17, 15) is 5.11 Å². The van der Waals surface area contributed by atoms with Crippen LogP contribution in [0.3, 0.4) is 0 Å². The van der Waals surface area contributed by atoms with Crippen molar-refractivity contribution in [3.63, 3.8) is 0 Å². The second kappa shape index (κ2) is 4.42. The number of benzene rings is 1. The number of nitrogens with two attached hydrogens (primary N) is 1. The highest BCUT2D eigenvalue weighted by Gasteiger charge is 2.18. The lowest BCUT2D eigenvalue weighted by Gasteiger charge is -2.27. The quantitative estimate of drug-likeness (QED) is 0.801. The van der Waals surface area contributed by atoms with Crippen LogP contribution in [0.1, 0.15) is 13.8 Å². The van der Waals surface area contributed by atoms with Gasteiger partial charge in [-0.2, -0.15) is 0 Å². The SMILES string of the molecule is CN(CC(C)(C)O)c1ncnc2cc(N)ccc12. The molecule has 5 nitrogen and oxygen atoms in total. The number of hydrogen-bond donors (Lipinski definition) is 2. The summed E-state index contributed by atoms with van der Waals surface area (Å²) < 4.78 is 0. The van der Waals surface area contributed by atoms with Crippen molar-refractivity contribution in [1.82, 2.24) is 9.97 Å². The number of likely N-dealkylation sites (N-methyl/N-ethyl adjacent to an activating group) is 1. The van der Waals surface area contributed by atoms with E-state index in [1.807, 2.05) is 30.1 Å². The Morgan fingerprint density at radius 3 is 2.72 bits per heavy atom. The summed E-state index contributed by atoms with van der Waals surface area (Å²) in [6.45, 7) is 4.03. The zero-order valence-electron chi connectivity index (χ0n) is 10.9. The van der Waals surface area contributed by atoms with Crippen LogP contribution in [0, 0.1) is 0 Å². The van der Waals surface area contributed by atoms with Crippen LogP contribution in [-0.4, -0.2) is 34.3 Å². The molecule has 5 heteroatoms. The molecule has 0 amide bonds. The lowest BCUT2D eigenvalue weighted by Crippen LogP contribution is -2.36. The number of nitrogen functional groups attached to an aromatic ring is 1. The van der Waals surface area contributed by atoms with Crippen molar-refractivity contribution in [3.05, 3.63) is 24.5 Å². The monoisotopic (exact) mass is 246 g/mol. The van der Waals surface area contributed by atoms with Gasteiger partial charge in [0.2, 0.25) is 0 Å². The highest BCUT2D eigenvalue weighted by atomic mass is 16.3. The molecule has 0 saturated carbocycles. The Morgan fingerprint density at radius 2 is 2.06 bits per heavy atom. The first-order valence-corrected chi connectivity index (χ1v) is 5.80. The molecule has 0 fully saturated rings. The van der Waals surface area contributed by atoms with Gasteiger partial charge in [0, 0.05) is 24.7 Å². The Kier molecular flexibility index (Phi) is 3.09. The highest BCUT2D eigenvalue weighted by molar-refractivity contribution is 5.91. The van der Waals surface area contributed by atoms with Gasteiger partial charge in [-0.3, -0.25) is 0 Å². The molecular formula is C13H18N4O. The van der Waals surface area contributed by atoms with Gasteiger partial charge in [0.1, 0.15) is 12.1 Å². The second-order valence-corrected chi connectivity index (χ2v) is 5.14. The molecule has 0 radical (unpaired) electrons. The van der Waals surface area contributed by atoms with Crippen LogP contribution in [0.2, 0.25) is 0 Å². The summed E-state index contributed by atoms with van der Waals surface area (Å²) in [5.74, 6) is 0.794. The number of aromatic nitrogens is 2. The predicted octanol–water partition coefficient (Wildman–Crippen LogP) is 1.42. The maximum absolute atomic E-state index is 9.86.